The normalized spacial score (nSPS) is 23.7. The van der Waals surface area contributed by atoms with Gasteiger partial charge in [0, 0.05) is 11.7 Å². The van der Waals surface area contributed by atoms with Crippen LogP contribution in [0.2, 0.25) is 5.02 Å². The number of halogens is 1. The van der Waals surface area contributed by atoms with Crippen LogP contribution in [-0.4, -0.2) is 11.9 Å². The van der Waals surface area contributed by atoms with Gasteiger partial charge in [0.05, 0.1) is 10.6 Å². The van der Waals surface area contributed by atoms with Gasteiger partial charge in [0.1, 0.15) is 0 Å². The minimum Gasteiger partial charge on any atom is -0.399 e. The van der Waals surface area contributed by atoms with E-state index < -0.39 is 0 Å². The van der Waals surface area contributed by atoms with Gasteiger partial charge in [-0.2, -0.15) is 0 Å². The number of benzene rings is 1. The highest BCUT2D eigenvalue weighted by Gasteiger charge is 2.23. The summed E-state index contributed by atoms with van der Waals surface area (Å²) in [5.74, 6) is 0.439. The number of amides is 1. The van der Waals surface area contributed by atoms with Gasteiger partial charge in [0.15, 0.2) is 0 Å². The molecule has 2 rings (SSSR count). The molecule has 0 spiro atoms. The number of hydrogen-bond acceptors (Lipinski definition) is 2. The summed E-state index contributed by atoms with van der Waals surface area (Å²) < 4.78 is 0. The maximum absolute atomic E-state index is 12.2. The molecule has 0 bridgehead atoms. The second kappa shape index (κ2) is 5.61. The molecular weight excluding hydrogens is 248 g/mol. The first-order chi connectivity index (χ1) is 8.58. The molecule has 4 heteroatoms. The lowest BCUT2D eigenvalue weighted by molar-refractivity contribution is 0.0910. The fourth-order valence-electron chi connectivity index (χ4n) is 2.49. The molecule has 3 nitrogen and oxygen atoms in total. The van der Waals surface area contributed by atoms with Crippen LogP contribution in [0.25, 0.3) is 0 Å². The van der Waals surface area contributed by atoms with Gasteiger partial charge >= 0.3 is 0 Å². The first-order valence-corrected chi connectivity index (χ1v) is 6.81. The molecule has 0 saturated heterocycles. The molecule has 1 saturated carbocycles. The summed E-state index contributed by atoms with van der Waals surface area (Å²) in [6.45, 7) is 2.19. The first kappa shape index (κ1) is 13.2. The standard InChI is InChI=1S/C14H19ClN2O/c1-9-4-2-3-5-13(9)17-14(18)11-7-6-10(16)8-12(11)15/h6-9,13H,2-5,16H2,1H3,(H,17,18)/t9-,13+/m1/s1. The predicted molar refractivity (Wildman–Crippen MR) is 74.8 cm³/mol. The van der Waals surface area contributed by atoms with Gasteiger partial charge in [-0.15, -0.1) is 0 Å². The van der Waals surface area contributed by atoms with Gasteiger partial charge in [0.2, 0.25) is 0 Å². The van der Waals surface area contributed by atoms with Crippen molar-refractivity contribution in [3.63, 3.8) is 0 Å². The Hall–Kier alpha value is -1.22. The fraction of sp³-hybridized carbons (Fsp3) is 0.500. The van der Waals surface area contributed by atoms with Gasteiger partial charge in [-0.05, 0) is 37.0 Å². The van der Waals surface area contributed by atoms with Crippen molar-refractivity contribution in [2.45, 2.75) is 38.6 Å². The Morgan fingerprint density at radius 1 is 1.39 bits per heavy atom. The number of rotatable bonds is 2. The summed E-state index contributed by atoms with van der Waals surface area (Å²) in [4.78, 5) is 12.2. The zero-order valence-electron chi connectivity index (χ0n) is 10.6. The number of anilines is 1. The smallest absolute Gasteiger partial charge is 0.253 e. The van der Waals surface area contributed by atoms with Gasteiger partial charge in [-0.3, -0.25) is 4.79 Å². The van der Waals surface area contributed by atoms with E-state index in [0.717, 1.165) is 6.42 Å². The van der Waals surface area contributed by atoms with E-state index in [1.807, 2.05) is 0 Å². The van der Waals surface area contributed by atoms with Crippen molar-refractivity contribution in [1.29, 1.82) is 0 Å². The van der Waals surface area contributed by atoms with Crippen molar-refractivity contribution in [2.75, 3.05) is 5.73 Å². The van der Waals surface area contributed by atoms with Crippen LogP contribution in [0.15, 0.2) is 18.2 Å². The highest BCUT2D eigenvalue weighted by molar-refractivity contribution is 6.34. The zero-order chi connectivity index (χ0) is 13.1. The predicted octanol–water partition coefficient (Wildman–Crippen LogP) is 3.23. The van der Waals surface area contributed by atoms with Crippen LogP contribution >= 0.6 is 11.6 Å². The van der Waals surface area contributed by atoms with Crippen molar-refractivity contribution >= 4 is 23.2 Å². The number of carbonyl (C=O) groups is 1. The van der Waals surface area contributed by atoms with E-state index in [4.69, 9.17) is 17.3 Å². The third-order valence-corrected chi connectivity index (χ3v) is 3.98. The lowest BCUT2D eigenvalue weighted by atomic mass is 9.86. The van der Waals surface area contributed by atoms with Gasteiger partial charge in [-0.25, -0.2) is 0 Å². The number of nitrogen functional groups attached to an aromatic ring is 1. The summed E-state index contributed by atoms with van der Waals surface area (Å²) >= 11 is 6.04. The second-order valence-electron chi connectivity index (χ2n) is 5.08. The summed E-state index contributed by atoms with van der Waals surface area (Å²) in [5, 5.41) is 3.49. The van der Waals surface area contributed by atoms with E-state index in [9.17, 15) is 4.79 Å². The Kier molecular flexibility index (Phi) is 4.12. The van der Waals surface area contributed by atoms with E-state index in [0.29, 0.717) is 22.2 Å². The summed E-state index contributed by atoms with van der Waals surface area (Å²) in [6, 6.07) is 5.26. The molecule has 1 amide bonds. The molecule has 2 atom stereocenters. The minimum absolute atomic E-state index is 0.0984. The fourth-order valence-corrected chi connectivity index (χ4v) is 2.77. The second-order valence-corrected chi connectivity index (χ2v) is 5.49. The van der Waals surface area contributed by atoms with Crippen LogP contribution in [0.4, 0.5) is 5.69 Å². The van der Waals surface area contributed by atoms with Crippen molar-refractivity contribution in [3.8, 4) is 0 Å². The maximum atomic E-state index is 12.2. The highest BCUT2D eigenvalue weighted by Crippen LogP contribution is 2.25. The van der Waals surface area contributed by atoms with Crippen molar-refractivity contribution in [2.24, 2.45) is 5.92 Å². The Morgan fingerprint density at radius 2 is 2.11 bits per heavy atom. The third kappa shape index (κ3) is 2.96. The Bertz CT molecular complexity index is 447. The third-order valence-electron chi connectivity index (χ3n) is 3.67. The van der Waals surface area contributed by atoms with Gasteiger partial charge in [-0.1, -0.05) is 31.4 Å². The van der Waals surface area contributed by atoms with E-state index in [1.165, 1.54) is 19.3 Å². The van der Waals surface area contributed by atoms with E-state index in [1.54, 1.807) is 18.2 Å². The average molecular weight is 267 g/mol. The minimum atomic E-state index is -0.0984. The van der Waals surface area contributed by atoms with Crippen LogP contribution in [0, 0.1) is 5.92 Å². The van der Waals surface area contributed by atoms with Gasteiger partial charge < -0.3 is 11.1 Å². The average Bonchev–Trinajstić information content (AvgIpc) is 2.32. The Labute approximate surface area is 113 Å². The molecule has 98 valence electrons. The van der Waals surface area contributed by atoms with E-state index in [-0.39, 0.29) is 11.9 Å². The Morgan fingerprint density at radius 3 is 2.78 bits per heavy atom. The molecule has 18 heavy (non-hydrogen) atoms. The molecule has 1 aliphatic rings. The molecule has 1 aliphatic carbocycles. The Balaban J connectivity index is 2.07. The molecule has 1 fully saturated rings. The molecular formula is C14H19ClN2O. The summed E-state index contributed by atoms with van der Waals surface area (Å²) in [6.07, 6.45) is 4.68. The number of nitrogens with one attached hydrogen (secondary N) is 1. The molecule has 1 aromatic rings. The maximum Gasteiger partial charge on any atom is 0.253 e. The lowest BCUT2D eigenvalue weighted by Crippen LogP contribution is -2.41. The quantitative estimate of drug-likeness (QED) is 0.808. The van der Waals surface area contributed by atoms with Crippen LogP contribution < -0.4 is 11.1 Å². The topological polar surface area (TPSA) is 55.1 Å². The molecule has 0 radical (unpaired) electrons. The van der Waals surface area contributed by atoms with Crippen LogP contribution in [0.3, 0.4) is 0 Å². The van der Waals surface area contributed by atoms with Crippen LogP contribution in [0.1, 0.15) is 43.0 Å². The van der Waals surface area contributed by atoms with E-state index in [2.05, 4.69) is 12.2 Å². The SMILES string of the molecule is C[C@@H]1CCCC[C@@H]1NC(=O)c1ccc(N)cc1Cl. The van der Waals surface area contributed by atoms with Gasteiger partial charge in [0.25, 0.3) is 5.91 Å². The monoisotopic (exact) mass is 266 g/mol. The summed E-state index contributed by atoms with van der Waals surface area (Å²) in [5.41, 5.74) is 6.69. The largest absolute Gasteiger partial charge is 0.399 e. The highest BCUT2D eigenvalue weighted by atomic mass is 35.5. The molecule has 1 aromatic carbocycles. The molecule has 3 N–H and O–H groups in total. The molecule has 0 unspecified atom stereocenters. The van der Waals surface area contributed by atoms with Crippen molar-refractivity contribution in [1.82, 2.24) is 5.32 Å². The zero-order valence-corrected chi connectivity index (χ0v) is 11.3. The number of carbonyl (C=O) groups excluding carboxylic acids is 1. The van der Waals surface area contributed by atoms with Crippen molar-refractivity contribution in [3.05, 3.63) is 28.8 Å². The summed E-state index contributed by atoms with van der Waals surface area (Å²) in [7, 11) is 0. The van der Waals surface area contributed by atoms with E-state index >= 15 is 0 Å². The molecule has 0 heterocycles. The number of nitrogens with two attached hydrogens (primary N) is 1. The molecule has 0 aliphatic heterocycles. The van der Waals surface area contributed by atoms with Crippen molar-refractivity contribution < 1.29 is 4.79 Å². The number of hydrogen-bond donors (Lipinski definition) is 2. The van der Waals surface area contributed by atoms with Crippen LogP contribution in [-0.2, 0) is 0 Å². The van der Waals surface area contributed by atoms with Crippen LogP contribution in [0.5, 0.6) is 0 Å². The first-order valence-electron chi connectivity index (χ1n) is 6.44. The molecule has 0 aromatic heterocycles. The lowest BCUT2D eigenvalue weighted by Gasteiger charge is -2.29.